The summed E-state index contributed by atoms with van der Waals surface area (Å²) in [6.07, 6.45) is 5.96. The molecule has 8 aromatic carbocycles. The van der Waals surface area contributed by atoms with Crippen molar-refractivity contribution >= 4 is 79.6 Å². The van der Waals surface area contributed by atoms with Gasteiger partial charge in [0.1, 0.15) is 45.6 Å². The van der Waals surface area contributed by atoms with E-state index in [2.05, 4.69) is 106 Å². The van der Waals surface area contributed by atoms with E-state index in [1.54, 1.807) is 27.5 Å². The number of carbonyl (C=O) groups is 2. The maximum Gasteiger partial charge on any atom is 0.490 e. The first kappa shape index (κ1) is 73.9. The minimum atomic E-state index is -5.08. The van der Waals surface area contributed by atoms with Gasteiger partial charge in [-0.3, -0.25) is 0 Å². The molecule has 3 aromatic heterocycles. The molecule has 11 aromatic rings. The number of carboxylic acids is 1. The van der Waals surface area contributed by atoms with Crippen molar-refractivity contribution in [2.75, 3.05) is 58.1 Å². The zero-order valence-corrected chi connectivity index (χ0v) is 61.0. The Morgan fingerprint density at radius 2 is 0.905 bits per heavy atom. The molecule has 2 fully saturated rings. The van der Waals surface area contributed by atoms with E-state index in [1.807, 2.05) is 147 Å². The number of carbonyl (C=O) groups excluding carboxylic acids is 1. The number of amides is 1. The number of nitrogens with one attached hydrogen (secondary N) is 3. The lowest BCUT2D eigenvalue weighted by molar-refractivity contribution is -0.192. The molecular weight excluding hydrogens is 1360 g/mol. The maximum absolute atomic E-state index is 12.6. The number of fused-ring (bicyclic) bond motifs is 5. The number of halogens is 4. The number of aromatic nitrogens is 6. The highest BCUT2D eigenvalue weighted by atomic mass is 35.5. The maximum atomic E-state index is 12.6. The summed E-state index contributed by atoms with van der Waals surface area (Å²) in [6, 6.07) is 50.7. The summed E-state index contributed by atoms with van der Waals surface area (Å²) < 4.78 is 67.0. The molecule has 4 aliphatic rings. The molecule has 105 heavy (non-hydrogen) atoms. The van der Waals surface area contributed by atoms with Gasteiger partial charge in [0.05, 0.1) is 49.3 Å². The first-order valence-electron chi connectivity index (χ1n) is 34.8. The average molecular weight is 1450 g/mol. The van der Waals surface area contributed by atoms with E-state index in [1.165, 1.54) is 35.1 Å². The van der Waals surface area contributed by atoms with Gasteiger partial charge in [0.15, 0.2) is 0 Å². The third kappa shape index (κ3) is 17.2. The molecule has 19 nitrogen and oxygen atoms in total. The van der Waals surface area contributed by atoms with E-state index >= 15 is 0 Å². The zero-order valence-electron chi connectivity index (χ0n) is 60.2. The van der Waals surface area contributed by atoms with Crippen LogP contribution in [0.3, 0.4) is 0 Å². The summed E-state index contributed by atoms with van der Waals surface area (Å²) in [6.45, 7) is 17.8. The fraction of sp³-hybridized carbons (Fsp3) is 0.317. The summed E-state index contributed by atoms with van der Waals surface area (Å²) in [4.78, 5) is 50.9. The van der Waals surface area contributed by atoms with Crippen LogP contribution in [0.2, 0.25) is 5.28 Å². The average Bonchev–Trinajstić information content (AvgIpc) is 1.74. The van der Waals surface area contributed by atoms with Crippen molar-refractivity contribution in [1.29, 1.82) is 0 Å². The van der Waals surface area contributed by atoms with Crippen molar-refractivity contribution in [3.63, 3.8) is 0 Å². The molecule has 0 unspecified atom stereocenters. The van der Waals surface area contributed by atoms with Crippen LogP contribution in [0.25, 0.3) is 66.1 Å². The number of piperidine rings is 2. The number of nitrogens with zero attached hydrogens (tertiary/aromatic N) is 7. The van der Waals surface area contributed by atoms with E-state index in [0.29, 0.717) is 36.8 Å². The number of ether oxygens (including phenoxy) is 6. The first-order chi connectivity index (χ1) is 50.3. The van der Waals surface area contributed by atoms with Crippen molar-refractivity contribution in [2.45, 2.75) is 122 Å². The Bertz CT molecular complexity index is 5000. The number of hydrogen-bond donors (Lipinski definition) is 4. The SMILES string of the molecule is COc1ccccc1-c1cccc2cnc(Cl)nc12.COc1ccccc1-c1cccc2cnc(Nc3ccc(C4CCN(C(=O)OC(C)(C)C)CC4)c4c3OC(C)(C)C4)nc12.COc1ccccc1-c1cccc2cnc(Nc3ccc(C4CCNCC4)c4c3OC(C)(C)C4)nc12.O=C(O)C(F)(F)F. The number of methoxy groups -OCH3 is 3. The van der Waals surface area contributed by atoms with Gasteiger partial charge in [-0.15, -0.1) is 0 Å². The molecule has 4 N–H and O–H groups in total. The van der Waals surface area contributed by atoms with Gasteiger partial charge >= 0.3 is 18.2 Å². The number of hydrogen-bond acceptors (Lipinski definition) is 17. The van der Waals surface area contributed by atoms with Gasteiger partial charge < -0.3 is 54.4 Å². The van der Waals surface area contributed by atoms with Crippen molar-refractivity contribution in [2.24, 2.45) is 0 Å². The van der Waals surface area contributed by atoms with Crippen molar-refractivity contribution in [3.8, 4) is 62.1 Å². The second kappa shape index (κ2) is 31.2. The summed E-state index contributed by atoms with van der Waals surface area (Å²) in [5.74, 6) is 3.45. The van der Waals surface area contributed by atoms with Gasteiger partial charge in [-0.1, -0.05) is 121 Å². The molecule has 4 aliphatic heterocycles. The lowest BCUT2D eigenvalue weighted by Crippen LogP contribution is -2.41. The molecule has 544 valence electrons. The van der Waals surface area contributed by atoms with Crippen molar-refractivity contribution < 1.29 is 56.3 Å². The van der Waals surface area contributed by atoms with Gasteiger partial charge in [0.2, 0.25) is 17.2 Å². The monoisotopic (exact) mass is 1440 g/mol. The molecule has 0 atom stereocenters. The van der Waals surface area contributed by atoms with Crippen molar-refractivity contribution in [3.05, 3.63) is 198 Å². The van der Waals surface area contributed by atoms with Crippen LogP contribution >= 0.6 is 11.6 Å². The highest BCUT2D eigenvalue weighted by Gasteiger charge is 2.40. The predicted octanol–water partition coefficient (Wildman–Crippen LogP) is 18.7. The van der Waals surface area contributed by atoms with E-state index in [9.17, 15) is 18.0 Å². The van der Waals surface area contributed by atoms with Crippen LogP contribution in [-0.2, 0) is 22.4 Å². The molecule has 1 amide bonds. The van der Waals surface area contributed by atoms with Crippen LogP contribution in [-0.4, -0.2) is 122 Å². The van der Waals surface area contributed by atoms with E-state index in [0.717, 1.165) is 145 Å². The predicted molar refractivity (Wildman–Crippen MR) is 404 cm³/mol. The largest absolute Gasteiger partial charge is 0.496 e. The van der Waals surface area contributed by atoms with Gasteiger partial charge in [-0.05, 0) is 152 Å². The van der Waals surface area contributed by atoms with Gasteiger partial charge in [0.25, 0.3) is 0 Å². The quantitative estimate of drug-likeness (QED) is 0.0834. The molecule has 0 bridgehead atoms. The Balaban J connectivity index is 0.000000149. The standard InChI is InChI=1S/C35H40N4O4.C30H32N4O2.C15H11ClN2O.C2HF3O2/c1-34(2,3)43-33(40)39-18-16-22(17-19-39)24-14-15-28(31-27(24)20-35(4,5)42-31)37-32-36-21-23-10-9-12-26(30(23)38-32)25-11-7-8-13-29(25)41-6;1-30(2)17-24-21(19-13-15-31-16-14-19)11-12-25(28(24)36-30)33-29-32-18-20-7-6-9-23(27(20)34-29)22-8-4-5-10-26(22)35-3;1-19-13-8-3-2-6-11(13)12-7-4-5-10-9-17-15(16)18-14(10)12;3-2(4,5)1(6)7/h7-15,21-22H,16-20H2,1-6H3,(H,36,37,38);4-12,18-19,31H,13-17H2,1-3H3,(H,32,33,34);2-9H,1H3;(H,6,7). The van der Waals surface area contributed by atoms with Gasteiger partial charge in [-0.25, -0.2) is 39.5 Å². The lowest BCUT2D eigenvalue weighted by atomic mass is 9.84. The first-order valence-corrected chi connectivity index (χ1v) is 35.2. The zero-order chi connectivity index (χ0) is 74.4. The molecule has 7 heterocycles. The summed E-state index contributed by atoms with van der Waals surface area (Å²) in [7, 11) is 5.04. The fourth-order valence-electron chi connectivity index (χ4n) is 13.9. The highest BCUT2D eigenvalue weighted by Crippen LogP contribution is 2.49. The smallest absolute Gasteiger partial charge is 0.490 e. The van der Waals surface area contributed by atoms with Gasteiger partial charge in [0, 0.05) is 105 Å². The molecule has 0 saturated carbocycles. The fourth-order valence-corrected chi connectivity index (χ4v) is 14.0. The van der Waals surface area contributed by atoms with E-state index < -0.39 is 17.7 Å². The number of rotatable bonds is 12. The highest BCUT2D eigenvalue weighted by molar-refractivity contribution is 6.28. The Hall–Kier alpha value is -10.8. The number of aliphatic carboxylic acids is 1. The van der Waals surface area contributed by atoms with Crippen LogP contribution in [0.5, 0.6) is 28.7 Å². The summed E-state index contributed by atoms with van der Waals surface area (Å²) >= 11 is 5.90. The van der Waals surface area contributed by atoms with Crippen LogP contribution in [0.4, 0.5) is 41.2 Å². The molecule has 0 radical (unpaired) electrons. The summed E-state index contributed by atoms with van der Waals surface area (Å²) in [5.41, 5.74) is 14.5. The molecule has 23 heteroatoms. The Morgan fingerprint density at radius 3 is 1.30 bits per heavy atom. The second-order valence-electron chi connectivity index (χ2n) is 28.3. The Labute approximate surface area is 612 Å². The van der Waals surface area contributed by atoms with Crippen LogP contribution in [0.15, 0.2) is 170 Å². The number of likely N-dealkylation sites (tertiary alicyclic amines) is 1. The molecule has 0 aliphatic carbocycles. The minimum Gasteiger partial charge on any atom is -0.496 e. The third-order valence-corrected chi connectivity index (χ3v) is 18.8. The van der Waals surface area contributed by atoms with Gasteiger partial charge in [-0.2, -0.15) is 13.2 Å². The third-order valence-electron chi connectivity index (χ3n) is 18.7. The molecule has 15 rings (SSSR count). The number of para-hydroxylation sites is 6. The van der Waals surface area contributed by atoms with Crippen LogP contribution in [0, 0.1) is 0 Å². The second-order valence-corrected chi connectivity index (χ2v) is 28.6. The van der Waals surface area contributed by atoms with Crippen LogP contribution in [0.1, 0.15) is 108 Å². The van der Waals surface area contributed by atoms with E-state index in [4.69, 9.17) is 59.9 Å². The minimum absolute atomic E-state index is 0.232. The van der Waals surface area contributed by atoms with Crippen molar-refractivity contribution in [1.82, 2.24) is 40.1 Å². The number of alkyl halides is 3. The molecule has 2 saturated heterocycles. The normalized spacial score (nSPS) is 15.2. The lowest BCUT2D eigenvalue weighted by Gasteiger charge is -2.34. The Kier molecular flexibility index (Phi) is 22.0. The number of carboxylic acid groups (broad SMARTS) is 1. The number of benzene rings is 8. The number of anilines is 4. The molecular formula is C82H84ClF3N10O9. The topological polar surface area (TPSA) is 226 Å². The van der Waals surface area contributed by atoms with Crippen LogP contribution < -0.4 is 39.6 Å². The van der Waals surface area contributed by atoms with E-state index in [-0.39, 0.29) is 22.6 Å². The molecule has 0 spiro atoms. The Morgan fingerprint density at radius 1 is 0.533 bits per heavy atom. The summed E-state index contributed by atoms with van der Waals surface area (Å²) in [5, 5.41) is 20.7.